The van der Waals surface area contributed by atoms with Gasteiger partial charge < -0.3 is 0 Å². The van der Waals surface area contributed by atoms with Crippen LogP contribution in [0.2, 0.25) is 0 Å². The van der Waals surface area contributed by atoms with Crippen molar-refractivity contribution in [3.05, 3.63) is 40.8 Å². The molecule has 0 saturated carbocycles. The SMILES string of the molecule is [2H]c1cc(-c2nc(C)c(C)s2)c([2H])c([2H])c1[2H]. The van der Waals surface area contributed by atoms with Crippen LogP contribution in [0.5, 0.6) is 0 Å². The van der Waals surface area contributed by atoms with E-state index in [2.05, 4.69) is 4.98 Å². The molecule has 13 heavy (non-hydrogen) atoms. The van der Waals surface area contributed by atoms with Crippen LogP contribution in [0.4, 0.5) is 0 Å². The van der Waals surface area contributed by atoms with Gasteiger partial charge in [0.05, 0.1) is 11.2 Å². The van der Waals surface area contributed by atoms with Crippen molar-refractivity contribution in [1.29, 1.82) is 0 Å². The maximum atomic E-state index is 7.83. The Balaban J connectivity index is 2.68. The fourth-order valence-electron chi connectivity index (χ4n) is 0.982. The second-order valence-electron chi connectivity index (χ2n) is 2.74. The second-order valence-corrected chi connectivity index (χ2v) is 3.94. The summed E-state index contributed by atoms with van der Waals surface area (Å²) in [4.78, 5) is 5.39. The van der Waals surface area contributed by atoms with Gasteiger partial charge in [-0.2, -0.15) is 0 Å². The highest BCUT2D eigenvalue weighted by atomic mass is 32.1. The van der Waals surface area contributed by atoms with Crippen molar-refractivity contribution in [3.63, 3.8) is 0 Å². The zero-order valence-corrected chi connectivity index (χ0v) is 8.25. The third kappa shape index (κ3) is 1.63. The minimum atomic E-state index is -0.210. The summed E-state index contributed by atoms with van der Waals surface area (Å²) in [7, 11) is 0. The maximum absolute atomic E-state index is 7.83. The van der Waals surface area contributed by atoms with Gasteiger partial charge in [-0.1, -0.05) is 30.2 Å². The highest BCUT2D eigenvalue weighted by molar-refractivity contribution is 7.15. The van der Waals surface area contributed by atoms with E-state index in [1.807, 2.05) is 13.8 Å². The molecule has 0 aliphatic rings. The van der Waals surface area contributed by atoms with Crippen molar-refractivity contribution in [1.82, 2.24) is 4.98 Å². The first kappa shape index (κ1) is 4.91. The van der Waals surface area contributed by atoms with E-state index < -0.39 is 0 Å². The predicted molar refractivity (Wildman–Crippen MR) is 57.0 cm³/mol. The summed E-state index contributed by atoms with van der Waals surface area (Å²) < 4.78 is 30.5. The van der Waals surface area contributed by atoms with Crippen molar-refractivity contribution in [3.8, 4) is 10.6 Å². The summed E-state index contributed by atoms with van der Waals surface area (Å²) in [5, 5.41) is 0.645. The average molecular weight is 193 g/mol. The van der Waals surface area contributed by atoms with Gasteiger partial charge in [-0.3, -0.25) is 0 Å². The molecule has 0 atom stereocenters. The Labute approximate surface area is 87.7 Å². The van der Waals surface area contributed by atoms with Crippen LogP contribution in [0.1, 0.15) is 16.1 Å². The van der Waals surface area contributed by atoms with Gasteiger partial charge in [0.1, 0.15) is 5.01 Å². The number of thiazole rings is 1. The summed E-state index contributed by atoms with van der Waals surface area (Å²) in [6.45, 7) is 3.84. The molecule has 0 fully saturated rings. The van der Waals surface area contributed by atoms with E-state index >= 15 is 0 Å². The molecule has 66 valence electrons. The lowest BCUT2D eigenvalue weighted by Crippen LogP contribution is -1.75. The zero-order valence-electron chi connectivity index (χ0n) is 11.4. The molecule has 0 spiro atoms. The molecule has 1 aromatic heterocycles. The molecule has 2 aromatic rings. The third-order valence-corrected chi connectivity index (χ3v) is 2.91. The van der Waals surface area contributed by atoms with Crippen LogP contribution in [0.15, 0.2) is 30.2 Å². The summed E-state index contributed by atoms with van der Waals surface area (Å²) in [6, 6.07) is 0.966. The van der Waals surface area contributed by atoms with Crippen LogP contribution in [0, 0.1) is 13.8 Å². The van der Waals surface area contributed by atoms with E-state index in [4.69, 9.17) is 5.48 Å². The molecule has 0 N–H and O–H groups in total. The van der Waals surface area contributed by atoms with Crippen LogP contribution in [0.25, 0.3) is 10.6 Å². The van der Waals surface area contributed by atoms with Gasteiger partial charge in [0.15, 0.2) is 0 Å². The number of hydrogen-bond donors (Lipinski definition) is 0. The predicted octanol–water partition coefficient (Wildman–Crippen LogP) is 3.43. The van der Waals surface area contributed by atoms with Crippen molar-refractivity contribution >= 4 is 11.3 Å². The minimum Gasteiger partial charge on any atom is -0.241 e. The molecular weight excluding hydrogens is 178 g/mol. The molecule has 1 nitrogen and oxygen atoms in total. The van der Waals surface area contributed by atoms with Gasteiger partial charge in [-0.25, -0.2) is 4.98 Å². The third-order valence-electron chi connectivity index (χ3n) is 1.81. The molecule has 2 heteroatoms. The van der Waals surface area contributed by atoms with E-state index in [-0.39, 0.29) is 24.2 Å². The summed E-state index contributed by atoms with van der Waals surface area (Å²) in [5.74, 6) is 0. The van der Waals surface area contributed by atoms with Gasteiger partial charge in [0, 0.05) is 10.4 Å². The normalized spacial score (nSPS) is 14.6. The Bertz CT molecular complexity index is 572. The van der Waals surface area contributed by atoms with Gasteiger partial charge in [-0.05, 0) is 13.8 Å². The lowest BCUT2D eigenvalue weighted by Gasteiger charge is -1.92. The zero-order chi connectivity index (χ0) is 12.7. The van der Waals surface area contributed by atoms with Gasteiger partial charge in [0.2, 0.25) is 0 Å². The first-order chi connectivity index (χ1) is 7.91. The lowest BCUT2D eigenvalue weighted by atomic mass is 10.2. The Kier molecular flexibility index (Phi) is 1.25. The molecule has 1 aromatic carbocycles. The first-order valence-electron chi connectivity index (χ1n) is 5.93. The molecule has 0 amide bonds. The molecule has 0 radical (unpaired) electrons. The standard InChI is InChI=1S/C11H11NS/c1-8-9(2)13-11(12-8)10-6-4-3-5-7-10/h3-7H,1-2H3/i3D,4D,5D,6D. The smallest absolute Gasteiger partial charge is 0.123 e. The lowest BCUT2D eigenvalue weighted by molar-refractivity contribution is 1.23. The topological polar surface area (TPSA) is 12.9 Å². The Morgan fingerprint density at radius 2 is 2.15 bits per heavy atom. The molecule has 0 aliphatic carbocycles. The maximum Gasteiger partial charge on any atom is 0.123 e. The molecule has 1 heterocycles. The van der Waals surface area contributed by atoms with Crippen molar-refractivity contribution < 1.29 is 5.48 Å². The van der Waals surface area contributed by atoms with E-state index in [1.54, 1.807) is 0 Å². The molecule has 0 unspecified atom stereocenters. The average Bonchev–Trinajstić information content (AvgIpc) is 2.61. The number of rotatable bonds is 1. The number of benzene rings is 1. The quantitative estimate of drug-likeness (QED) is 0.676. The van der Waals surface area contributed by atoms with Crippen molar-refractivity contribution in [2.24, 2.45) is 0 Å². The number of aromatic nitrogens is 1. The number of aryl methyl sites for hydroxylation is 2. The Hall–Kier alpha value is -1.15. The van der Waals surface area contributed by atoms with Crippen molar-refractivity contribution in [2.75, 3.05) is 0 Å². The summed E-state index contributed by atoms with van der Waals surface area (Å²) in [5.41, 5.74) is 1.37. The fourth-order valence-corrected chi connectivity index (χ4v) is 1.87. The van der Waals surface area contributed by atoms with Crippen LogP contribution in [-0.4, -0.2) is 4.98 Å². The first-order valence-corrected chi connectivity index (χ1v) is 4.75. The van der Waals surface area contributed by atoms with Gasteiger partial charge >= 0.3 is 0 Å². The van der Waals surface area contributed by atoms with E-state index in [9.17, 15) is 0 Å². The molecule has 0 saturated heterocycles. The highest BCUT2D eigenvalue weighted by Gasteiger charge is 2.04. The van der Waals surface area contributed by atoms with E-state index in [0.29, 0.717) is 10.6 Å². The van der Waals surface area contributed by atoms with Crippen LogP contribution >= 0.6 is 11.3 Å². The van der Waals surface area contributed by atoms with Gasteiger partial charge in [-0.15, -0.1) is 11.3 Å². The minimum absolute atomic E-state index is 0.0280. The van der Waals surface area contributed by atoms with Crippen LogP contribution in [-0.2, 0) is 0 Å². The molecule has 2 rings (SSSR count). The molecule has 0 bridgehead atoms. The molecule has 0 aliphatic heterocycles. The number of hydrogen-bond acceptors (Lipinski definition) is 2. The monoisotopic (exact) mass is 193 g/mol. The number of nitrogens with zero attached hydrogens (tertiary/aromatic N) is 1. The summed E-state index contributed by atoms with van der Waals surface area (Å²) >= 11 is 1.45. The van der Waals surface area contributed by atoms with Crippen LogP contribution < -0.4 is 0 Å². The van der Waals surface area contributed by atoms with Gasteiger partial charge in [0.25, 0.3) is 0 Å². The highest BCUT2D eigenvalue weighted by Crippen LogP contribution is 2.26. The van der Waals surface area contributed by atoms with E-state index in [1.165, 1.54) is 17.4 Å². The molecular formula is C11H11NS. The Morgan fingerprint density at radius 1 is 1.31 bits per heavy atom. The van der Waals surface area contributed by atoms with Crippen LogP contribution in [0.3, 0.4) is 0 Å². The largest absolute Gasteiger partial charge is 0.241 e. The second kappa shape index (κ2) is 3.30. The van der Waals surface area contributed by atoms with Crippen molar-refractivity contribution in [2.45, 2.75) is 13.8 Å². The fraction of sp³-hybridized carbons (Fsp3) is 0.182. The summed E-state index contributed by atoms with van der Waals surface area (Å²) in [6.07, 6.45) is 0. The Morgan fingerprint density at radius 3 is 2.85 bits per heavy atom. The van der Waals surface area contributed by atoms with E-state index in [0.717, 1.165) is 10.6 Å².